The Morgan fingerprint density at radius 3 is 2.77 bits per heavy atom. The molecule has 108 valence electrons. The van der Waals surface area contributed by atoms with Crippen molar-refractivity contribution in [2.75, 3.05) is 5.73 Å². The van der Waals surface area contributed by atoms with Gasteiger partial charge in [-0.25, -0.2) is 4.98 Å². The average Bonchev–Trinajstić information content (AvgIpc) is 2.86. The van der Waals surface area contributed by atoms with Crippen LogP contribution >= 0.6 is 0 Å². The van der Waals surface area contributed by atoms with Crippen molar-refractivity contribution in [1.82, 2.24) is 24.5 Å². The highest BCUT2D eigenvalue weighted by Gasteiger charge is 2.17. The van der Waals surface area contributed by atoms with Crippen molar-refractivity contribution in [1.29, 1.82) is 0 Å². The fraction of sp³-hybridized carbons (Fsp3) is 0.0667. The number of fused-ring (bicyclic) bond motifs is 3. The smallest absolute Gasteiger partial charge is 0.295 e. The number of anilines is 1. The highest BCUT2D eigenvalue weighted by Crippen LogP contribution is 2.30. The van der Waals surface area contributed by atoms with Crippen LogP contribution in [0.1, 0.15) is 5.56 Å². The Labute approximate surface area is 125 Å². The minimum atomic E-state index is -0.120. The number of hydrogen-bond donors (Lipinski definition) is 2. The molecule has 7 nitrogen and oxygen atoms in total. The minimum Gasteiger partial charge on any atom is -0.480 e. The van der Waals surface area contributed by atoms with Crippen LogP contribution in [-0.2, 0) is 6.54 Å². The van der Waals surface area contributed by atoms with Gasteiger partial charge in [-0.2, -0.15) is 4.98 Å². The molecule has 0 saturated heterocycles. The lowest BCUT2D eigenvalue weighted by atomic mass is 10.2. The lowest BCUT2D eigenvalue weighted by molar-refractivity contribution is 0.409. The van der Waals surface area contributed by atoms with Crippen molar-refractivity contribution in [2.24, 2.45) is 0 Å². The molecule has 22 heavy (non-hydrogen) atoms. The van der Waals surface area contributed by atoms with E-state index in [9.17, 15) is 5.11 Å². The molecule has 0 atom stereocenters. The number of hydrogen-bond acceptors (Lipinski definition) is 6. The molecule has 0 aliphatic carbocycles. The van der Waals surface area contributed by atoms with Crippen LogP contribution in [0, 0.1) is 0 Å². The number of nitrogens with zero attached hydrogens (tertiary/aromatic N) is 5. The zero-order valence-electron chi connectivity index (χ0n) is 11.5. The van der Waals surface area contributed by atoms with E-state index in [-0.39, 0.29) is 11.8 Å². The Bertz CT molecular complexity index is 980. The molecular weight excluding hydrogens is 280 g/mol. The maximum Gasteiger partial charge on any atom is 0.295 e. The molecule has 4 aromatic heterocycles. The van der Waals surface area contributed by atoms with Gasteiger partial charge in [0.05, 0.1) is 12.1 Å². The number of rotatable bonds is 2. The fourth-order valence-corrected chi connectivity index (χ4v) is 2.54. The average molecular weight is 292 g/mol. The van der Waals surface area contributed by atoms with Gasteiger partial charge < -0.3 is 10.8 Å². The van der Waals surface area contributed by atoms with Crippen LogP contribution in [0.5, 0.6) is 6.01 Å². The van der Waals surface area contributed by atoms with Gasteiger partial charge >= 0.3 is 0 Å². The summed E-state index contributed by atoms with van der Waals surface area (Å²) in [5.74, 6) is 0.274. The van der Waals surface area contributed by atoms with Gasteiger partial charge in [0, 0.05) is 18.6 Å². The van der Waals surface area contributed by atoms with Crippen molar-refractivity contribution in [3.05, 3.63) is 48.4 Å². The van der Waals surface area contributed by atoms with Gasteiger partial charge in [-0.3, -0.25) is 14.5 Å². The molecule has 0 spiro atoms. The van der Waals surface area contributed by atoms with Gasteiger partial charge in [0.15, 0.2) is 5.82 Å². The Hall–Kier alpha value is -3.22. The first-order valence-corrected chi connectivity index (χ1v) is 6.72. The Balaban J connectivity index is 2.03. The van der Waals surface area contributed by atoms with Crippen molar-refractivity contribution in [2.45, 2.75) is 6.54 Å². The van der Waals surface area contributed by atoms with E-state index in [1.54, 1.807) is 29.2 Å². The second-order valence-corrected chi connectivity index (χ2v) is 4.92. The van der Waals surface area contributed by atoms with E-state index < -0.39 is 0 Å². The third kappa shape index (κ3) is 1.83. The molecule has 4 heterocycles. The maximum atomic E-state index is 10.2. The van der Waals surface area contributed by atoms with Crippen LogP contribution in [0.2, 0.25) is 0 Å². The number of nitrogen functional groups attached to an aromatic ring is 1. The third-order valence-corrected chi connectivity index (χ3v) is 3.51. The van der Waals surface area contributed by atoms with Gasteiger partial charge in [0.1, 0.15) is 16.6 Å². The maximum absolute atomic E-state index is 10.2. The lowest BCUT2D eigenvalue weighted by Gasteiger charge is -2.07. The first-order valence-electron chi connectivity index (χ1n) is 6.72. The number of nitrogens with two attached hydrogens (primary N) is 1. The molecule has 7 heteroatoms. The van der Waals surface area contributed by atoms with Crippen LogP contribution in [0.25, 0.3) is 22.1 Å². The van der Waals surface area contributed by atoms with E-state index in [4.69, 9.17) is 5.73 Å². The topological polar surface area (TPSA) is 103 Å². The predicted octanol–water partition coefficient (Wildman–Crippen LogP) is 1.71. The molecule has 4 aromatic rings. The number of imidazole rings is 1. The molecule has 0 aromatic carbocycles. The summed E-state index contributed by atoms with van der Waals surface area (Å²) < 4.78 is 1.67. The lowest BCUT2D eigenvalue weighted by Crippen LogP contribution is -2.01. The van der Waals surface area contributed by atoms with Gasteiger partial charge in [-0.15, -0.1) is 0 Å². The molecule has 0 unspecified atom stereocenters. The first kappa shape index (κ1) is 12.5. The summed E-state index contributed by atoms with van der Waals surface area (Å²) in [4.78, 5) is 16.9. The zero-order chi connectivity index (χ0) is 15.1. The highest BCUT2D eigenvalue weighted by atomic mass is 16.3. The standard InChI is InChI=1S/C15H12N6O/c16-14-12-13(11-10(19-14)4-2-6-18-11)21(15(22)20-12)8-9-3-1-5-17-7-9/h1-7H,8H2,(H2,16,19)(H,20,22). The van der Waals surface area contributed by atoms with Crippen LogP contribution in [0.3, 0.4) is 0 Å². The third-order valence-electron chi connectivity index (χ3n) is 3.51. The fourth-order valence-electron chi connectivity index (χ4n) is 2.54. The molecular formula is C15H12N6O. The second kappa shape index (κ2) is 4.66. The number of aromatic hydroxyl groups is 1. The van der Waals surface area contributed by atoms with E-state index in [0.717, 1.165) is 5.56 Å². The first-order chi connectivity index (χ1) is 10.7. The summed E-state index contributed by atoms with van der Waals surface area (Å²) in [6, 6.07) is 7.28. The summed E-state index contributed by atoms with van der Waals surface area (Å²) in [7, 11) is 0. The molecule has 4 rings (SSSR count). The van der Waals surface area contributed by atoms with Crippen LogP contribution in [0.4, 0.5) is 5.82 Å². The van der Waals surface area contributed by atoms with Gasteiger partial charge in [0.2, 0.25) is 0 Å². The Morgan fingerprint density at radius 2 is 1.95 bits per heavy atom. The van der Waals surface area contributed by atoms with Gasteiger partial charge in [0.25, 0.3) is 6.01 Å². The van der Waals surface area contributed by atoms with Crippen LogP contribution < -0.4 is 5.73 Å². The summed E-state index contributed by atoms with van der Waals surface area (Å²) in [5, 5.41) is 10.2. The largest absolute Gasteiger partial charge is 0.480 e. The monoisotopic (exact) mass is 292 g/mol. The van der Waals surface area contributed by atoms with Crippen molar-refractivity contribution in [3.8, 4) is 6.01 Å². The van der Waals surface area contributed by atoms with Crippen molar-refractivity contribution in [3.63, 3.8) is 0 Å². The van der Waals surface area contributed by atoms with E-state index in [1.165, 1.54) is 0 Å². The minimum absolute atomic E-state index is 0.120. The summed E-state index contributed by atoms with van der Waals surface area (Å²) >= 11 is 0. The number of pyridine rings is 3. The van der Waals surface area contributed by atoms with Crippen LogP contribution in [-0.4, -0.2) is 29.6 Å². The van der Waals surface area contributed by atoms with E-state index in [1.807, 2.05) is 18.2 Å². The van der Waals surface area contributed by atoms with Crippen LogP contribution in [0.15, 0.2) is 42.9 Å². The molecule has 0 amide bonds. The van der Waals surface area contributed by atoms with Crippen molar-refractivity contribution < 1.29 is 5.11 Å². The van der Waals surface area contributed by atoms with Gasteiger partial charge in [-0.05, 0) is 23.8 Å². The van der Waals surface area contributed by atoms with E-state index >= 15 is 0 Å². The molecule has 0 aliphatic rings. The normalized spacial score (nSPS) is 11.3. The molecule has 0 radical (unpaired) electrons. The Morgan fingerprint density at radius 1 is 1.09 bits per heavy atom. The quantitative estimate of drug-likeness (QED) is 0.583. The van der Waals surface area contributed by atoms with E-state index in [0.29, 0.717) is 28.6 Å². The Kier molecular flexibility index (Phi) is 2.65. The molecule has 0 aliphatic heterocycles. The number of aromatic nitrogens is 5. The highest BCUT2D eigenvalue weighted by molar-refractivity contribution is 6.04. The van der Waals surface area contributed by atoms with Crippen molar-refractivity contribution >= 4 is 27.9 Å². The molecule has 0 bridgehead atoms. The SMILES string of the molecule is Nc1nc2cccnc2c2c1nc(O)n2Cc1cccnc1. The zero-order valence-corrected chi connectivity index (χ0v) is 11.5. The van der Waals surface area contributed by atoms with E-state index in [2.05, 4.69) is 19.9 Å². The summed E-state index contributed by atoms with van der Waals surface area (Å²) in [6.07, 6.45) is 5.12. The second-order valence-electron chi connectivity index (χ2n) is 4.92. The molecule has 0 saturated carbocycles. The van der Waals surface area contributed by atoms with Gasteiger partial charge in [-0.1, -0.05) is 6.07 Å². The summed E-state index contributed by atoms with van der Waals surface area (Å²) in [6.45, 7) is 0.422. The predicted molar refractivity (Wildman–Crippen MR) is 82.2 cm³/mol. The molecule has 0 fully saturated rings. The summed E-state index contributed by atoms with van der Waals surface area (Å²) in [5.41, 5.74) is 9.35. The molecule has 3 N–H and O–H groups in total.